The number of anilines is 1. The van der Waals surface area contributed by atoms with Crippen LogP contribution in [0.4, 0.5) is 10.1 Å². The molecule has 0 saturated carbocycles. The first-order chi connectivity index (χ1) is 8.56. The van der Waals surface area contributed by atoms with Crippen molar-refractivity contribution in [1.82, 2.24) is 9.97 Å². The fourth-order valence-electron chi connectivity index (χ4n) is 1.23. The van der Waals surface area contributed by atoms with Crippen LogP contribution in [0.1, 0.15) is 10.6 Å². The van der Waals surface area contributed by atoms with Gasteiger partial charge in [0.2, 0.25) is 11.7 Å². The molecule has 1 heterocycles. The lowest BCUT2D eigenvalue weighted by Crippen LogP contribution is -2.15. The summed E-state index contributed by atoms with van der Waals surface area (Å²) >= 11 is 0. The SMILES string of the molecule is NC(=O)c1nccc(Oc2ccc(N)cc2F)n1. The van der Waals surface area contributed by atoms with Gasteiger partial charge >= 0.3 is 0 Å². The van der Waals surface area contributed by atoms with Gasteiger partial charge in [0.25, 0.3) is 5.91 Å². The van der Waals surface area contributed by atoms with Gasteiger partial charge in [-0.25, -0.2) is 9.37 Å². The molecule has 18 heavy (non-hydrogen) atoms. The van der Waals surface area contributed by atoms with Crippen molar-refractivity contribution in [3.63, 3.8) is 0 Å². The van der Waals surface area contributed by atoms with Crippen LogP contribution in [0.25, 0.3) is 0 Å². The molecule has 92 valence electrons. The van der Waals surface area contributed by atoms with Crippen LogP contribution in [0.15, 0.2) is 30.5 Å². The minimum absolute atomic E-state index is 0.0162. The van der Waals surface area contributed by atoms with Gasteiger partial charge in [0.05, 0.1) is 0 Å². The number of nitrogens with zero attached hydrogens (tertiary/aromatic N) is 2. The third-order valence-electron chi connectivity index (χ3n) is 2.02. The fraction of sp³-hybridized carbons (Fsp3) is 0. The first-order valence-electron chi connectivity index (χ1n) is 4.92. The molecule has 0 aliphatic heterocycles. The summed E-state index contributed by atoms with van der Waals surface area (Å²) in [7, 11) is 0. The van der Waals surface area contributed by atoms with Crippen molar-refractivity contribution in [1.29, 1.82) is 0 Å². The Morgan fingerprint density at radius 1 is 1.33 bits per heavy atom. The summed E-state index contributed by atoms with van der Waals surface area (Å²) in [5.74, 6) is -1.67. The summed E-state index contributed by atoms with van der Waals surface area (Å²) in [4.78, 5) is 18.2. The Morgan fingerprint density at radius 2 is 2.11 bits per heavy atom. The molecule has 6 nitrogen and oxygen atoms in total. The molecule has 0 bridgehead atoms. The number of nitrogen functional groups attached to an aromatic ring is 1. The van der Waals surface area contributed by atoms with E-state index in [9.17, 15) is 9.18 Å². The van der Waals surface area contributed by atoms with E-state index in [1.54, 1.807) is 0 Å². The Labute approximate surface area is 101 Å². The number of carbonyl (C=O) groups excluding carboxylic acids is 1. The largest absolute Gasteiger partial charge is 0.436 e. The first-order valence-corrected chi connectivity index (χ1v) is 4.92. The molecule has 2 aromatic rings. The zero-order valence-corrected chi connectivity index (χ0v) is 9.13. The summed E-state index contributed by atoms with van der Waals surface area (Å²) in [6.07, 6.45) is 1.29. The summed E-state index contributed by atoms with van der Waals surface area (Å²) in [5.41, 5.74) is 10.7. The van der Waals surface area contributed by atoms with Crippen molar-refractivity contribution in [3.05, 3.63) is 42.1 Å². The molecule has 0 unspecified atom stereocenters. The van der Waals surface area contributed by atoms with Gasteiger partial charge in [-0.2, -0.15) is 4.98 Å². The third-order valence-corrected chi connectivity index (χ3v) is 2.02. The van der Waals surface area contributed by atoms with E-state index >= 15 is 0 Å². The topological polar surface area (TPSA) is 104 Å². The highest BCUT2D eigenvalue weighted by atomic mass is 19.1. The predicted octanol–water partition coefficient (Wildman–Crippen LogP) is 1.09. The Balaban J connectivity index is 2.28. The minimum Gasteiger partial charge on any atom is -0.436 e. The van der Waals surface area contributed by atoms with Gasteiger partial charge < -0.3 is 16.2 Å². The van der Waals surface area contributed by atoms with Gasteiger partial charge in [-0.15, -0.1) is 0 Å². The molecule has 0 aliphatic rings. The second kappa shape index (κ2) is 4.66. The lowest BCUT2D eigenvalue weighted by atomic mass is 10.3. The first kappa shape index (κ1) is 11.8. The lowest BCUT2D eigenvalue weighted by Gasteiger charge is -2.06. The number of nitrogens with two attached hydrogens (primary N) is 2. The maximum Gasteiger partial charge on any atom is 0.286 e. The Bertz CT molecular complexity index is 603. The van der Waals surface area contributed by atoms with Crippen molar-refractivity contribution >= 4 is 11.6 Å². The highest BCUT2D eigenvalue weighted by Gasteiger charge is 2.09. The van der Waals surface area contributed by atoms with Crippen LogP contribution in [0, 0.1) is 5.82 Å². The minimum atomic E-state index is -0.793. The monoisotopic (exact) mass is 248 g/mol. The molecule has 1 aromatic carbocycles. The van der Waals surface area contributed by atoms with E-state index in [4.69, 9.17) is 16.2 Å². The van der Waals surface area contributed by atoms with Gasteiger partial charge in [-0.1, -0.05) is 0 Å². The molecular formula is C11H9FN4O2. The molecule has 2 rings (SSSR count). The van der Waals surface area contributed by atoms with Gasteiger partial charge in [0, 0.05) is 24.0 Å². The Hall–Kier alpha value is -2.70. The number of amides is 1. The molecule has 0 fully saturated rings. The fourth-order valence-corrected chi connectivity index (χ4v) is 1.23. The molecule has 0 aliphatic carbocycles. The number of hydrogen-bond acceptors (Lipinski definition) is 5. The standard InChI is InChI=1S/C11H9FN4O2/c12-7-5-6(13)1-2-8(7)18-9-3-4-15-11(16-9)10(14)17/h1-5H,13H2,(H2,14,17). The summed E-state index contributed by atoms with van der Waals surface area (Å²) in [6.45, 7) is 0. The molecule has 1 aromatic heterocycles. The van der Waals surface area contributed by atoms with E-state index in [1.165, 1.54) is 24.4 Å². The normalized spacial score (nSPS) is 10.1. The Morgan fingerprint density at radius 3 is 2.78 bits per heavy atom. The maximum absolute atomic E-state index is 13.5. The van der Waals surface area contributed by atoms with Gasteiger partial charge in [-0.3, -0.25) is 4.79 Å². The van der Waals surface area contributed by atoms with Crippen molar-refractivity contribution in [2.75, 3.05) is 5.73 Å². The zero-order valence-electron chi connectivity index (χ0n) is 9.13. The molecule has 4 N–H and O–H groups in total. The van der Waals surface area contributed by atoms with Crippen LogP contribution in [0.2, 0.25) is 0 Å². The number of aromatic nitrogens is 2. The van der Waals surface area contributed by atoms with Crippen LogP contribution >= 0.6 is 0 Å². The highest BCUT2D eigenvalue weighted by Crippen LogP contribution is 2.24. The third kappa shape index (κ3) is 2.51. The van der Waals surface area contributed by atoms with Crippen LogP contribution in [0.3, 0.4) is 0 Å². The second-order valence-corrected chi connectivity index (χ2v) is 3.37. The molecule has 1 amide bonds. The van der Waals surface area contributed by atoms with Gasteiger partial charge in [0.1, 0.15) is 0 Å². The van der Waals surface area contributed by atoms with Crippen molar-refractivity contribution in [2.24, 2.45) is 5.73 Å². The number of primary amides is 1. The number of rotatable bonds is 3. The van der Waals surface area contributed by atoms with E-state index < -0.39 is 11.7 Å². The summed E-state index contributed by atoms with van der Waals surface area (Å²) in [6, 6.07) is 5.33. The average molecular weight is 248 g/mol. The number of benzene rings is 1. The van der Waals surface area contributed by atoms with E-state index in [0.717, 1.165) is 6.07 Å². The quantitative estimate of drug-likeness (QED) is 0.791. The van der Waals surface area contributed by atoms with Crippen LogP contribution < -0.4 is 16.2 Å². The molecule has 0 saturated heterocycles. The van der Waals surface area contributed by atoms with Gasteiger partial charge in [0.15, 0.2) is 11.6 Å². The smallest absolute Gasteiger partial charge is 0.286 e. The number of hydrogen-bond donors (Lipinski definition) is 2. The van der Waals surface area contributed by atoms with Crippen LogP contribution in [0.5, 0.6) is 11.6 Å². The summed E-state index contributed by atoms with van der Waals surface area (Å²) in [5, 5.41) is 0. The second-order valence-electron chi connectivity index (χ2n) is 3.37. The predicted molar refractivity (Wildman–Crippen MR) is 61.4 cm³/mol. The van der Waals surface area contributed by atoms with Crippen LogP contribution in [-0.4, -0.2) is 15.9 Å². The maximum atomic E-state index is 13.5. The van der Waals surface area contributed by atoms with E-state index in [0.29, 0.717) is 0 Å². The molecule has 0 spiro atoms. The lowest BCUT2D eigenvalue weighted by molar-refractivity contribution is 0.0989. The van der Waals surface area contributed by atoms with Crippen molar-refractivity contribution in [3.8, 4) is 11.6 Å². The molecular weight excluding hydrogens is 239 g/mol. The average Bonchev–Trinajstić information content (AvgIpc) is 2.33. The van der Waals surface area contributed by atoms with E-state index in [2.05, 4.69) is 9.97 Å². The molecule has 7 heteroatoms. The van der Waals surface area contributed by atoms with Crippen LogP contribution in [-0.2, 0) is 0 Å². The molecule has 0 radical (unpaired) electrons. The zero-order chi connectivity index (χ0) is 13.1. The summed E-state index contributed by atoms with van der Waals surface area (Å²) < 4.78 is 18.6. The highest BCUT2D eigenvalue weighted by molar-refractivity contribution is 5.88. The number of carbonyl (C=O) groups is 1. The van der Waals surface area contributed by atoms with Crippen molar-refractivity contribution < 1.29 is 13.9 Å². The Kier molecular flexibility index (Phi) is 3.05. The van der Waals surface area contributed by atoms with Crippen molar-refractivity contribution in [2.45, 2.75) is 0 Å². The van der Waals surface area contributed by atoms with Gasteiger partial charge in [-0.05, 0) is 12.1 Å². The number of ether oxygens (including phenoxy) is 1. The van der Waals surface area contributed by atoms with E-state index in [-0.39, 0.29) is 23.1 Å². The van der Waals surface area contributed by atoms with E-state index in [1.807, 2.05) is 0 Å². The number of halogens is 1. The molecule has 0 atom stereocenters.